The highest BCUT2D eigenvalue weighted by molar-refractivity contribution is 8.01. The van der Waals surface area contributed by atoms with Crippen LogP contribution < -0.4 is 16.4 Å². The van der Waals surface area contributed by atoms with Crippen LogP contribution in [-0.4, -0.2) is 123 Å². The Balaban J connectivity index is 0.000000940. The molecule has 57 heavy (non-hydrogen) atoms. The van der Waals surface area contributed by atoms with E-state index in [2.05, 4.69) is 20.8 Å². The van der Waals surface area contributed by atoms with Crippen LogP contribution in [0.4, 0.5) is 18.3 Å². The average Bonchev–Trinajstić information content (AvgIpc) is 3.57. The fourth-order valence-electron chi connectivity index (χ4n) is 5.39. The van der Waals surface area contributed by atoms with E-state index in [-0.39, 0.29) is 38.4 Å². The molecule has 2 aromatic rings. The van der Waals surface area contributed by atoms with Gasteiger partial charge in [-0.1, -0.05) is 16.8 Å². The minimum Gasteiger partial charge on any atom is -0.504 e. The molecule has 25 heteroatoms. The van der Waals surface area contributed by atoms with Gasteiger partial charge in [-0.3, -0.25) is 19.3 Å². The lowest BCUT2D eigenvalue weighted by Crippen LogP contribution is -2.71. The van der Waals surface area contributed by atoms with Crippen molar-refractivity contribution < 1.29 is 72.3 Å². The summed E-state index contributed by atoms with van der Waals surface area (Å²) in [5, 5.41) is 56.0. The van der Waals surface area contributed by atoms with Gasteiger partial charge in [0.25, 0.3) is 17.7 Å². The molecule has 0 spiro atoms. The standard InChI is InChI=1S/C30H33ClN6O10S3.C2HF3O2/c1-30(2,28(45)46)47-36-19(16-11-50-29(32)34-16)24(41)35-20-25(42)37-21(27(43)44)12(10-49-26(20)37)9-48-14-5-3-13(4-6-14)33-23(40)15-7-8-17(38)22(39)18(15)31;3-2(4,5)1(6)7/h7-8,11,13-14,20,26,38-39H,3-6,9-10H2,1-2H3,(H2,32,34)(H,33,40)(H,35,41)(H,43,44)(H,45,46);(H,6,7)/b36-19-;/t13?,14?,20-,26-;/m1./s1. The topological polar surface area (TPSA) is 291 Å². The highest BCUT2D eigenvalue weighted by Gasteiger charge is 2.54. The largest absolute Gasteiger partial charge is 0.504 e. The number of halogens is 4. The van der Waals surface area contributed by atoms with E-state index in [0.29, 0.717) is 29.9 Å². The zero-order chi connectivity index (χ0) is 42.6. The van der Waals surface area contributed by atoms with Gasteiger partial charge in [-0.25, -0.2) is 19.4 Å². The van der Waals surface area contributed by atoms with Crippen molar-refractivity contribution in [3.8, 4) is 11.5 Å². The maximum atomic E-state index is 13.3. The van der Waals surface area contributed by atoms with E-state index in [1.54, 1.807) is 11.8 Å². The summed E-state index contributed by atoms with van der Waals surface area (Å²) in [5.74, 6) is -7.64. The predicted octanol–water partition coefficient (Wildman–Crippen LogP) is 3.22. The molecule has 0 radical (unpaired) electrons. The number of oxime groups is 1. The molecular formula is C32H34ClF3N6O12S3. The SMILES string of the molecule is CC(C)(O/N=C(\C(=O)N[C@@H]1C(=O)N2C(C(=O)O)=C(CSC3CCC(NC(=O)c4ccc(O)c(O)c4Cl)CC3)CS[C@H]12)c1csc(N)n1)C(=O)O.O=C(O)C(F)(F)F. The van der Waals surface area contributed by atoms with Gasteiger partial charge in [0.05, 0.1) is 10.6 Å². The summed E-state index contributed by atoms with van der Waals surface area (Å²) >= 11 is 9.92. The second-order valence-electron chi connectivity index (χ2n) is 12.9. The van der Waals surface area contributed by atoms with Crippen molar-refractivity contribution in [3.63, 3.8) is 0 Å². The summed E-state index contributed by atoms with van der Waals surface area (Å²) in [5.41, 5.74) is 4.03. The number of thiazole rings is 1. The van der Waals surface area contributed by atoms with Crippen LogP contribution in [-0.2, 0) is 28.8 Å². The number of benzene rings is 1. The fourth-order valence-corrected chi connectivity index (χ4v) is 8.94. The molecule has 1 saturated heterocycles. The highest BCUT2D eigenvalue weighted by atomic mass is 35.5. The molecule has 310 valence electrons. The Morgan fingerprint density at radius 1 is 1.07 bits per heavy atom. The molecule has 0 bridgehead atoms. The van der Waals surface area contributed by atoms with E-state index >= 15 is 0 Å². The van der Waals surface area contributed by atoms with Gasteiger partial charge in [-0.05, 0) is 57.2 Å². The number of rotatable bonds is 12. The van der Waals surface area contributed by atoms with Crippen LogP contribution in [0, 0.1) is 0 Å². The number of carbonyl (C=O) groups excluding carboxylic acids is 3. The second-order valence-corrected chi connectivity index (χ2v) is 16.6. The third-order valence-electron chi connectivity index (χ3n) is 8.48. The van der Waals surface area contributed by atoms with Crippen molar-refractivity contribution in [1.82, 2.24) is 20.5 Å². The number of aliphatic carboxylic acids is 3. The average molecular weight is 883 g/mol. The second kappa shape index (κ2) is 18.1. The van der Waals surface area contributed by atoms with E-state index < -0.39 is 76.0 Å². The Morgan fingerprint density at radius 3 is 2.25 bits per heavy atom. The molecule has 1 aromatic carbocycles. The van der Waals surface area contributed by atoms with Crippen LogP contribution in [0.3, 0.4) is 0 Å². The number of phenolic OH excluding ortho intramolecular Hbond substituents is 2. The van der Waals surface area contributed by atoms with Crippen LogP contribution in [0.15, 0.2) is 33.9 Å². The maximum absolute atomic E-state index is 13.3. The van der Waals surface area contributed by atoms with E-state index in [1.807, 2.05) is 0 Å². The molecule has 1 aliphatic carbocycles. The number of nitrogens with one attached hydrogen (secondary N) is 2. The number of thioether (sulfide) groups is 2. The van der Waals surface area contributed by atoms with Gasteiger partial charge < -0.3 is 46.7 Å². The van der Waals surface area contributed by atoms with E-state index in [1.165, 1.54) is 43.1 Å². The number of hydrogen-bond donors (Lipinski definition) is 8. The van der Waals surface area contributed by atoms with Crippen molar-refractivity contribution in [3.05, 3.63) is 45.1 Å². The highest BCUT2D eigenvalue weighted by Crippen LogP contribution is 2.42. The monoisotopic (exact) mass is 882 g/mol. The predicted molar refractivity (Wildman–Crippen MR) is 200 cm³/mol. The molecule has 2 aliphatic heterocycles. The minimum absolute atomic E-state index is 0.00925. The van der Waals surface area contributed by atoms with Crippen LogP contribution >= 0.6 is 46.5 Å². The number of carbonyl (C=O) groups is 6. The molecule has 1 saturated carbocycles. The molecule has 0 unspecified atom stereocenters. The normalized spacial score (nSPS) is 21.0. The smallest absolute Gasteiger partial charge is 0.490 e. The van der Waals surface area contributed by atoms with Gasteiger partial charge >= 0.3 is 24.1 Å². The zero-order valence-electron chi connectivity index (χ0n) is 29.5. The number of amides is 3. The third kappa shape index (κ3) is 10.7. The summed E-state index contributed by atoms with van der Waals surface area (Å²) in [6.45, 7) is 2.48. The first-order chi connectivity index (χ1) is 26.5. The summed E-state index contributed by atoms with van der Waals surface area (Å²) in [6.07, 6.45) is -2.27. The number of aromatic nitrogens is 1. The Kier molecular flexibility index (Phi) is 14.2. The number of aromatic hydroxyl groups is 2. The van der Waals surface area contributed by atoms with Gasteiger partial charge in [0.15, 0.2) is 22.3 Å². The third-order valence-corrected chi connectivity index (χ3v) is 12.3. The molecule has 2 fully saturated rings. The summed E-state index contributed by atoms with van der Waals surface area (Å²) < 4.78 is 31.7. The van der Waals surface area contributed by atoms with E-state index in [4.69, 9.17) is 32.1 Å². The van der Waals surface area contributed by atoms with Gasteiger partial charge in [0.1, 0.15) is 22.8 Å². The summed E-state index contributed by atoms with van der Waals surface area (Å²) in [6, 6.07) is 1.30. The van der Waals surface area contributed by atoms with Crippen molar-refractivity contribution >= 4 is 92.9 Å². The lowest BCUT2D eigenvalue weighted by molar-refractivity contribution is -0.192. The first-order valence-corrected chi connectivity index (χ1v) is 19.7. The van der Waals surface area contributed by atoms with Crippen LogP contribution in [0.2, 0.25) is 5.02 Å². The summed E-state index contributed by atoms with van der Waals surface area (Å²) in [7, 11) is 0. The zero-order valence-corrected chi connectivity index (χ0v) is 32.7. The van der Waals surface area contributed by atoms with E-state index in [9.17, 15) is 57.6 Å². The molecular weight excluding hydrogens is 849 g/mol. The molecule has 3 heterocycles. The number of nitrogens with two attached hydrogens (primary N) is 1. The number of carboxylic acid groups (broad SMARTS) is 3. The number of nitrogens with zero attached hydrogens (tertiary/aromatic N) is 3. The fraction of sp³-hybridized carbons (Fsp3) is 0.438. The van der Waals surface area contributed by atoms with Gasteiger partial charge in [-0.15, -0.1) is 23.1 Å². The van der Waals surface area contributed by atoms with Gasteiger partial charge in [0, 0.05) is 28.2 Å². The van der Waals surface area contributed by atoms with Crippen molar-refractivity contribution in [2.75, 3.05) is 17.2 Å². The molecule has 5 rings (SSSR count). The first-order valence-electron chi connectivity index (χ1n) is 16.4. The molecule has 3 amide bonds. The lowest BCUT2D eigenvalue weighted by atomic mass is 9.94. The van der Waals surface area contributed by atoms with Crippen molar-refractivity contribution in [2.45, 2.75) is 74.0 Å². The van der Waals surface area contributed by atoms with Crippen LogP contribution in [0.25, 0.3) is 0 Å². The van der Waals surface area contributed by atoms with Crippen LogP contribution in [0.5, 0.6) is 11.5 Å². The first kappa shape index (κ1) is 44.8. The number of anilines is 1. The molecule has 18 nitrogen and oxygen atoms in total. The lowest BCUT2D eigenvalue weighted by Gasteiger charge is -2.49. The number of alkyl halides is 3. The molecule has 3 aliphatic rings. The van der Waals surface area contributed by atoms with E-state index in [0.717, 1.165) is 29.1 Å². The number of fused-ring (bicyclic) bond motifs is 1. The number of β-lactam (4-membered cyclic amide) rings is 1. The van der Waals surface area contributed by atoms with Crippen molar-refractivity contribution in [1.29, 1.82) is 0 Å². The Hall–Kier alpha value is -4.94. The number of hydrogen-bond acceptors (Lipinski definition) is 15. The quantitative estimate of drug-likeness (QED) is 0.0657. The van der Waals surface area contributed by atoms with Gasteiger partial charge in [-0.2, -0.15) is 24.9 Å². The Labute approximate surface area is 337 Å². The number of nitrogen functional groups attached to an aromatic ring is 1. The number of carboxylic acids is 3. The Morgan fingerprint density at radius 2 is 1.70 bits per heavy atom. The number of phenols is 2. The summed E-state index contributed by atoms with van der Waals surface area (Å²) in [4.78, 5) is 82.4. The van der Waals surface area contributed by atoms with Crippen LogP contribution in [0.1, 0.15) is 55.6 Å². The maximum Gasteiger partial charge on any atom is 0.490 e. The molecule has 1 aromatic heterocycles. The van der Waals surface area contributed by atoms with Gasteiger partial charge in [0.2, 0.25) is 5.60 Å². The molecule has 2 atom stereocenters. The molecule has 9 N–H and O–H groups in total. The minimum atomic E-state index is -5.08. The van der Waals surface area contributed by atoms with Crippen molar-refractivity contribution in [2.24, 2.45) is 5.16 Å². The Bertz CT molecular complexity index is 2010.